The van der Waals surface area contributed by atoms with Gasteiger partial charge < -0.3 is 25.6 Å². The van der Waals surface area contributed by atoms with Crippen LogP contribution in [0.5, 0.6) is 5.75 Å². The lowest BCUT2D eigenvalue weighted by molar-refractivity contribution is 0.0694. The van der Waals surface area contributed by atoms with Gasteiger partial charge in [-0.15, -0.1) is 0 Å². The van der Waals surface area contributed by atoms with Gasteiger partial charge in [-0.05, 0) is 49.1 Å². The molecule has 30 heavy (non-hydrogen) atoms. The number of carboxylic acid groups (broad SMARTS) is 1. The number of hydrogen-bond donors (Lipinski definition) is 4. The van der Waals surface area contributed by atoms with Crippen LogP contribution in [0.25, 0.3) is 0 Å². The molecule has 162 valence electrons. The van der Waals surface area contributed by atoms with E-state index >= 15 is 0 Å². The number of benzene rings is 2. The zero-order valence-electron chi connectivity index (χ0n) is 18.2. The van der Waals surface area contributed by atoms with Gasteiger partial charge in [-0.25, -0.2) is 4.79 Å². The fraction of sp³-hybridized carbons (Fsp3) is 0.391. The quantitative estimate of drug-likeness (QED) is 0.288. The molecule has 0 fully saturated rings. The summed E-state index contributed by atoms with van der Waals surface area (Å²) in [4.78, 5) is 13.3. The minimum atomic E-state index is -1.19. The Hall–Kier alpha value is -3.22. The Balaban J connectivity index is 2.30. The minimum absolute atomic E-state index is 0.0968. The van der Waals surface area contributed by atoms with Crippen molar-refractivity contribution in [3.63, 3.8) is 0 Å². The molecule has 0 radical (unpaired) electrons. The molecule has 0 aromatic heterocycles. The van der Waals surface area contributed by atoms with E-state index in [1.165, 1.54) is 12.1 Å². The van der Waals surface area contributed by atoms with Gasteiger partial charge in [0.2, 0.25) is 0 Å². The van der Waals surface area contributed by atoms with Gasteiger partial charge in [0.05, 0.1) is 6.54 Å². The molecule has 7 nitrogen and oxygen atoms in total. The lowest BCUT2D eigenvalue weighted by Crippen LogP contribution is -2.27. The van der Waals surface area contributed by atoms with E-state index in [0.29, 0.717) is 11.4 Å². The highest BCUT2D eigenvalue weighted by molar-refractivity contribution is 6.03. The molecule has 0 heterocycles. The predicted molar refractivity (Wildman–Crippen MR) is 121 cm³/mol. The Morgan fingerprint density at radius 1 is 1.10 bits per heavy atom. The van der Waals surface area contributed by atoms with E-state index in [2.05, 4.69) is 62.1 Å². The van der Waals surface area contributed by atoms with E-state index in [-0.39, 0.29) is 23.3 Å². The van der Waals surface area contributed by atoms with Crippen molar-refractivity contribution < 1.29 is 20.2 Å². The van der Waals surface area contributed by atoms with E-state index in [4.69, 9.17) is 5.11 Å². The summed E-state index contributed by atoms with van der Waals surface area (Å²) in [5.41, 5.74) is 3.81. The van der Waals surface area contributed by atoms with Crippen LogP contribution in [0.15, 0.2) is 41.6 Å². The van der Waals surface area contributed by atoms with Gasteiger partial charge in [-0.3, -0.25) is 0 Å². The molecule has 0 amide bonds. The number of aromatic hydroxyl groups is 1. The number of phenols is 1. The molecule has 0 saturated carbocycles. The number of aromatic carboxylic acids is 1. The Labute approximate surface area is 177 Å². The van der Waals surface area contributed by atoms with Crippen LogP contribution in [-0.4, -0.2) is 46.7 Å². The molecule has 0 spiro atoms. The fourth-order valence-corrected chi connectivity index (χ4v) is 3.36. The first kappa shape index (κ1) is 23.1. The van der Waals surface area contributed by atoms with Crippen LogP contribution in [-0.2, 0) is 5.41 Å². The first-order valence-electron chi connectivity index (χ1n) is 10.0. The highest BCUT2D eigenvalue weighted by Gasteiger charge is 2.22. The van der Waals surface area contributed by atoms with E-state index < -0.39 is 5.97 Å². The second kappa shape index (κ2) is 9.52. The number of carbonyl (C=O) groups is 1. The van der Waals surface area contributed by atoms with Gasteiger partial charge in [0.25, 0.3) is 0 Å². The standard InChI is InChI=1S/C23H31N3O4/c1-6-26(7-2)20-11-8-15(12-18(20)23(3,4)5)19(25-30)14-24-16-9-10-17(22(28)29)21(27)13-16/h8-13,24,27,30H,6-7,14H2,1-5H3,(H,28,29)/b25-19-. The monoisotopic (exact) mass is 413 g/mol. The van der Waals surface area contributed by atoms with Crippen molar-refractivity contribution >= 4 is 23.1 Å². The van der Waals surface area contributed by atoms with Crippen molar-refractivity contribution in [2.24, 2.45) is 5.16 Å². The summed E-state index contributed by atoms with van der Waals surface area (Å²) in [6.45, 7) is 12.7. The van der Waals surface area contributed by atoms with Gasteiger partial charge in [-0.1, -0.05) is 32.0 Å². The normalized spacial score (nSPS) is 12.0. The third kappa shape index (κ3) is 5.23. The lowest BCUT2D eigenvalue weighted by atomic mass is 9.84. The molecule has 0 atom stereocenters. The van der Waals surface area contributed by atoms with Gasteiger partial charge in [0.1, 0.15) is 17.0 Å². The number of carboxylic acids is 1. The van der Waals surface area contributed by atoms with Crippen LogP contribution in [0.2, 0.25) is 0 Å². The zero-order valence-corrected chi connectivity index (χ0v) is 18.2. The Morgan fingerprint density at radius 3 is 2.27 bits per heavy atom. The summed E-state index contributed by atoms with van der Waals surface area (Å²) < 4.78 is 0. The average molecular weight is 414 g/mol. The second-order valence-electron chi connectivity index (χ2n) is 8.09. The number of hydrogen-bond acceptors (Lipinski definition) is 6. The second-order valence-corrected chi connectivity index (χ2v) is 8.09. The summed E-state index contributed by atoms with van der Waals surface area (Å²) in [7, 11) is 0. The van der Waals surface area contributed by atoms with Crippen LogP contribution in [0.3, 0.4) is 0 Å². The van der Waals surface area contributed by atoms with Gasteiger partial charge >= 0.3 is 5.97 Å². The molecule has 0 bridgehead atoms. The highest BCUT2D eigenvalue weighted by atomic mass is 16.4. The van der Waals surface area contributed by atoms with E-state index in [1.807, 2.05) is 6.07 Å². The Kier molecular flexibility index (Phi) is 7.32. The number of nitrogens with one attached hydrogen (secondary N) is 1. The van der Waals surface area contributed by atoms with Crippen LogP contribution in [0.1, 0.15) is 56.1 Å². The Bertz CT molecular complexity index is 929. The molecular formula is C23H31N3O4. The van der Waals surface area contributed by atoms with E-state index in [9.17, 15) is 15.1 Å². The summed E-state index contributed by atoms with van der Waals surface area (Å²) >= 11 is 0. The lowest BCUT2D eigenvalue weighted by Gasteiger charge is -2.30. The maximum absolute atomic E-state index is 11.0. The molecule has 0 aliphatic rings. The molecule has 7 heteroatoms. The van der Waals surface area contributed by atoms with Crippen LogP contribution >= 0.6 is 0 Å². The molecule has 0 saturated heterocycles. The van der Waals surface area contributed by atoms with Gasteiger partial charge in [0, 0.05) is 36.1 Å². The number of nitrogens with zero attached hydrogens (tertiary/aromatic N) is 2. The number of anilines is 2. The SMILES string of the molecule is CCN(CC)c1ccc(/C(CNc2ccc(C(=O)O)c(O)c2)=N\O)cc1C(C)(C)C. The Morgan fingerprint density at radius 2 is 1.77 bits per heavy atom. The molecule has 2 aromatic rings. The third-order valence-corrected chi connectivity index (χ3v) is 5.05. The van der Waals surface area contributed by atoms with Gasteiger partial charge in [-0.2, -0.15) is 0 Å². The highest BCUT2D eigenvalue weighted by Crippen LogP contribution is 2.33. The van der Waals surface area contributed by atoms with Crippen molar-refractivity contribution in [1.82, 2.24) is 0 Å². The third-order valence-electron chi connectivity index (χ3n) is 5.05. The minimum Gasteiger partial charge on any atom is -0.507 e. The topological polar surface area (TPSA) is 105 Å². The first-order valence-corrected chi connectivity index (χ1v) is 10.0. The maximum atomic E-state index is 11.0. The summed E-state index contributed by atoms with van der Waals surface area (Å²) in [5, 5.41) is 35.0. The summed E-state index contributed by atoms with van der Waals surface area (Å²) in [5.74, 6) is -1.52. The van der Waals surface area contributed by atoms with Crippen molar-refractivity contribution in [3.8, 4) is 5.75 Å². The molecular weight excluding hydrogens is 382 g/mol. The van der Waals surface area contributed by atoms with E-state index in [0.717, 1.165) is 29.9 Å². The van der Waals surface area contributed by atoms with Crippen LogP contribution in [0, 0.1) is 0 Å². The summed E-state index contributed by atoms with van der Waals surface area (Å²) in [6.07, 6.45) is 0. The molecule has 2 rings (SSSR count). The molecule has 0 aliphatic heterocycles. The van der Waals surface area contributed by atoms with E-state index in [1.54, 1.807) is 6.07 Å². The van der Waals surface area contributed by atoms with Gasteiger partial charge in [0.15, 0.2) is 0 Å². The van der Waals surface area contributed by atoms with Crippen LogP contribution in [0.4, 0.5) is 11.4 Å². The smallest absolute Gasteiger partial charge is 0.339 e. The van der Waals surface area contributed by atoms with Crippen molar-refractivity contribution in [2.75, 3.05) is 29.9 Å². The largest absolute Gasteiger partial charge is 0.507 e. The number of rotatable bonds is 8. The van der Waals surface area contributed by atoms with Crippen molar-refractivity contribution in [3.05, 3.63) is 53.1 Å². The zero-order chi connectivity index (χ0) is 22.5. The van der Waals surface area contributed by atoms with Crippen molar-refractivity contribution in [1.29, 1.82) is 0 Å². The predicted octanol–water partition coefficient (Wildman–Crippen LogP) is 4.52. The molecule has 0 aliphatic carbocycles. The average Bonchev–Trinajstić information content (AvgIpc) is 2.69. The van der Waals surface area contributed by atoms with Crippen molar-refractivity contribution in [2.45, 2.75) is 40.0 Å². The summed E-state index contributed by atoms with van der Waals surface area (Å²) in [6, 6.07) is 10.3. The fourth-order valence-electron chi connectivity index (χ4n) is 3.36. The van der Waals surface area contributed by atoms with Crippen LogP contribution < -0.4 is 10.2 Å². The maximum Gasteiger partial charge on any atom is 0.339 e. The molecule has 4 N–H and O–H groups in total. The number of oxime groups is 1. The molecule has 2 aromatic carbocycles. The molecule has 0 unspecified atom stereocenters. The first-order chi connectivity index (χ1) is 14.1.